The molecule has 1 fully saturated rings. The highest BCUT2D eigenvalue weighted by Gasteiger charge is 2.32. The van der Waals surface area contributed by atoms with Crippen LogP contribution in [0, 0.1) is 5.82 Å². The van der Waals surface area contributed by atoms with E-state index in [1.165, 1.54) is 13.2 Å². The summed E-state index contributed by atoms with van der Waals surface area (Å²) in [5, 5.41) is 2.25. The molecule has 0 saturated carbocycles. The molecule has 1 aromatic carbocycles. The van der Waals surface area contributed by atoms with E-state index in [0.717, 1.165) is 6.07 Å². The van der Waals surface area contributed by atoms with Crippen LogP contribution >= 0.6 is 23.2 Å². The average molecular weight is 343 g/mol. The summed E-state index contributed by atoms with van der Waals surface area (Å²) in [6.07, 6.45) is -0.291. The lowest BCUT2D eigenvalue weighted by Gasteiger charge is -2.19. The van der Waals surface area contributed by atoms with Gasteiger partial charge in [-0.15, -0.1) is 0 Å². The number of halogens is 3. The summed E-state index contributed by atoms with van der Waals surface area (Å²) in [6, 6.07) is 1.87. The van der Waals surface area contributed by atoms with Crippen molar-refractivity contribution in [1.82, 2.24) is 10.0 Å². The second-order valence-electron chi connectivity index (χ2n) is 4.33. The summed E-state index contributed by atoms with van der Waals surface area (Å²) in [6.45, 7) is 0.956. The van der Waals surface area contributed by atoms with Crippen molar-refractivity contribution in [3.63, 3.8) is 0 Å². The van der Waals surface area contributed by atoms with Crippen molar-refractivity contribution in [3.8, 4) is 0 Å². The van der Waals surface area contributed by atoms with Gasteiger partial charge >= 0.3 is 0 Å². The van der Waals surface area contributed by atoms with Crippen LogP contribution in [0.5, 0.6) is 0 Å². The Morgan fingerprint density at radius 3 is 2.75 bits per heavy atom. The van der Waals surface area contributed by atoms with Crippen molar-refractivity contribution in [2.45, 2.75) is 17.0 Å². The van der Waals surface area contributed by atoms with E-state index in [0.29, 0.717) is 13.1 Å². The van der Waals surface area contributed by atoms with Crippen LogP contribution in [0.2, 0.25) is 10.0 Å². The van der Waals surface area contributed by atoms with Crippen LogP contribution in [0.4, 0.5) is 4.39 Å². The van der Waals surface area contributed by atoms with Crippen LogP contribution < -0.4 is 10.0 Å². The van der Waals surface area contributed by atoms with Crippen LogP contribution in [-0.2, 0) is 14.8 Å². The van der Waals surface area contributed by atoms with Crippen molar-refractivity contribution in [1.29, 1.82) is 0 Å². The molecule has 5 nitrogen and oxygen atoms in total. The van der Waals surface area contributed by atoms with Crippen LogP contribution in [0.1, 0.15) is 0 Å². The smallest absolute Gasteiger partial charge is 0.242 e. The molecule has 0 bridgehead atoms. The lowest BCUT2D eigenvalue weighted by molar-refractivity contribution is 0.103. The third-order valence-corrected chi connectivity index (χ3v) is 5.36. The van der Waals surface area contributed by atoms with Crippen molar-refractivity contribution >= 4 is 33.2 Å². The quantitative estimate of drug-likeness (QED) is 0.811. The van der Waals surface area contributed by atoms with Crippen LogP contribution in [0.3, 0.4) is 0 Å². The number of nitrogens with one attached hydrogen (secondary N) is 2. The molecule has 0 aromatic heterocycles. The van der Waals surface area contributed by atoms with Crippen molar-refractivity contribution in [2.75, 3.05) is 20.2 Å². The molecular formula is C11H13Cl2FN2O3S. The van der Waals surface area contributed by atoms with E-state index in [2.05, 4.69) is 10.0 Å². The van der Waals surface area contributed by atoms with Gasteiger partial charge in [0.2, 0.25) is 10.0 Å². The molecule has 1 unspecified atom stereocenters. The number of hydrogen-bond acceptors (Lipinski definition) is 4. The summed E-state index contributed by atoms with van der Waals surface area (Å²) >= 11 is 11.3. The van der Waals surface area contributed by atoms with E-state index >= 15 is 0 Å². The van der Waals surface area contributed by atoms with Gasteiger partial charge in [0.1, 0.15) is 4.90 Å². The van der Waals surface area contributed by atoms with E-state index in [1.54, 1.807) is 0 Å². The third-order valence-electron chi connectivity index (χ3n) is 3.06. The number of sulfonamides is 1. The number of methoxy groups -OCH3 is 1. The second-order valence-corrected chi connectivity index (χ2v) is 6.80. The average Bonchev–Trinajstić information content (AvgIpc) is 2.82. The van der Waals surface area contributed by atoms with Crippen molar-refractivity contribution in [3.05, 3.63) is 28.0 Å². The molecule has 1 aliphatic heterocycles. The molecule has 1 heterocycles. The van der Waals surface area contributed by atoms with E-state index in [9.17, 15) is 12.8 Å². The summed E-state index contributed by atoms with van der Waals surface area (Å²) in [4.78, 5) is -0.345. The minimum Gasteiger partial charge on any atom is -0.378 e. The molecule has 1 aliphatic rings. The first kappa shape index (κ1) is 15.9. The first-order chi connectivity index (χ1) is 9.36. The van der Waals surface area contributed by atoms with E-state index < -0.39 is 26.9 Å². The third kappa shape index (κ3) is 3.08. The standard InChI is InChI=1S/C11H13Cl2FN2O3S/c1-19-8-5-15-4-7(8)16-20(17,18)9-3-2-6(12)11(14)10(9)13/h2-3,7-8,15-16H,4-5H2,1H3/t7?,8-/m0/s1. The van der Waals surface area contributed by atoms with E-state index in [1.807, 2.05) is 0 Å². The maximum absolute atomic E-state index is 13.6. The number of hydrogen-bond donors (Lipinski definition) is 2. The topological polar surface area (TPSA) is 67.4 Å². The number of ether oxygens (including phenoxy) is 1. The van der Waals surface area contributed by atoms with Gasteiger partial charge < -0.3 is 10.1 Å². The Hall–Kier alpha value is -0.440. The van der Waals surface area contributed by atoms with Gasteiger partial charge in [0.15, 0.2) is 5.82 Å². The summed E-state index contributed by atoms with van der Waals surface area (Å²) < 4.78 is 45.7. The predicted molar refractivity (Wildman–Crippen MR) is 74.2 cm³/mol. The largest absolute Gasteiger partial charge is 0.378 e. The van der Waals surface area contributed by atoms with Gasteiger partial charge in [-0.1, -0.05) is 23.2 Å². The molecule has 112 valence electrons. The SMILES string of the molecule is CO[C@H]1CNCC1NS(=O)(=O)c1ccc(Cl)c(F)c1Cl. The van der Waals surface area contributed by atoms with Crippen LogP contribution in [-0.4, -0.2) is 40.8 Å². The molecule has 0 spiro atoms. The monoisotopic (exact) mass is 342 g/mol. The summed E-state index contributed by atoms with van der Waals surface area (Å²) in [7, 11) is -2.46. The fraction of sp³-hybridized carbons (Fsp3) is 0.455. The fourth-order valence-corrected chi connectivity index (χ4v) is 4.01. The van der Waals surface area contributed by atoms with Gasteiger partial charge in [0, 0.05) is 20.2 Å². The molecule has 9 heteroatoms. The molecule has 2 N–H and O–H groups in total. The lowest BCUT2D eigenvalue weighted by Crippen LogP contribution is -2.43. The zero-order valence-electron chi connectivity index (χ0n) is 10.5. The van der Waals surface area contributed by atoms with Gasteiger partial charge in [-0.3, -0.25) is 0 Å². The minimum absolute atomic E-state index is 0.230. The van der Waals surface area contributed by atoms with Gasteiger partial charge in [-0.05, 0) is 12.1 Å². The Balaban J connectivity index is 2.29. The molecule has 1 aromatic rings. The molecule has 20 heavy (non-hydrogen) atoms. The van der Waals surface area contributed by atoms with Gasteiger partial charge in [0.05, 0.1) is 22.2 Å². The van der Waals surface area contributed by atoms with Gasteiger partial charge in [-0.25, -0.2) is 17.5 Å². The van der Waals surface area contributed by atoms with Crippen LogP contribution in [0.15, 0.2) is 17.0 Å². The zero-order chi connectivity index (χ0) is 14.9. The Kier molecular flexibility index (Phi) is 4.88. The molecule has 2 atom stereocenters. The maximum atomic E-state index is 13.6. The summed E-state index contributed by atoms with van der Waals surface area (Å²) in [5.74, 6) is -0.955. The van der Waals surface area contributed by atoms with Gasteiger partial charge in [0.25, 0.3) is 0 Å². The molecule has 1 saturated heterocycles. The maximum Gasteiger partial charge on any atom is 0.242 e. The Bertz CT molecular complexity index is 612. The van der Waals surface area contributed by atoms with E-state index in [-0.39, 0.29) is 16.0 Å². The van der Waals surface area contributed by atoms with E-state index in [4.69, 9.17) is 27.9 Å². The normalized spacial score (nSPS) is 23.2. The first-order valence-corrected chi connectivity index (χ1v) is 8.00. The fourth-order valence-electron chi connectivity index (χ4n) is 2.00. The van der Waals surface area contributed by atoms with Crippen molar-refractivity contribution in [2.24, 2.45) is 0 Å². The lowest BCUT2D eigenvalue weighted by atomic mass is 10.2. The molecule has 0 radical (unpaired) electrons. The molecular weight excluding hydrogens is 330 g/mol. The zero-order valence-corrected chi connectivity index (χ0v) is 12.8. The molecule has 0 amide bonds. The highest BCUT2D eigenvalue weighted by atomic mass is 35.5. The molecule has 0 aliphatic carbocycles. The van der Waals surface area contributed by atoms with Crippen LogP contribution in [0.25, 0.3) is 0 Å². The van der Waals surface area contributed by atoms with Crippen molar-refractivity contribution < 1.29 is 17.5 Å². The predicted octanol–water partition coefficient (Wildman–Crippen LogP) is 1.40. The second kappa shape index (κ2) is 6.13. The number of benzene rings is 1. The summed E-state index contributed by atoms with van der Waals surface area (Å²) in [5.41, 5.74) is 0. The van der Waals surface area contributed by atoms with Gasteiger partial charge in [-0.2, -0.15) is 0 Å². The minimum atomic E-state index is -3.96. The highest BCUT2D eigenvalue weighted by molar-refractivity contribution is 7.89. The Morgan fingerprint density at radius 1 is 1.40 bits per heavy atom. The Morgan fingerprint density at radius 2 is 2.10 bits per heavy atom. The molecule has 2 rings (SSSR count). The number of rotatable bonds is 4. The highest BCUT2D eigenvalue weighted by Crippen LogP contribution is 2.29. The first-order valence-electron chi connectivity index (χ1n) is 5.76. The Labute approximate surface area is 126 Å².